The standard InChI is InChI=1S/C20H19N5O2/c21-9-12-1-3-13(4-2-12)10-24-5-6-25(11-17(24)26)20(27)19-16-8-14-7-15(14)18(16)22-23-19/h1-4,14-15H,5-8,10-11H2,(H,22,23)/t14-,15-/m1/s1. The molecule has 136 valence electrons. The predicted octanol–water partition coefficient (Wildman–Crippen LogP) is 1.43. The Kier molecular flexibility index (Phi) is 3.54. The Morgan fingerprint density at radius 1 is 1.30 bits per heavy atom. The van der Waals surface area contributed by atoms with Crippen molar-refractivity contribution in [1.29, 1.82) is 5.26 Å². The van der Waals surface area contributed by atoms with E-state index in [-0.39, 0.29) is 18.4 Å². The van der Waals surface area contributed by atoms with E-state index in [0.717, 1.165) is 23.2 Å². The first-order chi connectivity index (χ1) is 13.1. The second-order valence-electron chi connectivity index (χ2n) is 7.62. The molecule has 0 radical (unpaired) electrons. The van der Waals surface area contributed by atoms with E-state index in [9.17, 15) is 9.59 Å². The number of benzene rings is 1. The van der Waals surface area contributed by atoms with Crippen molar-refractivity contribution in [1.82, 2.24) is 20.0 Å². The molecule has 0 unspecified atom stereocenters. The van der Waals surface area contributed by atoms with E-state index in [4.69, 9.17) is 5.26 Å². The Morgan fingerprint density at radius 2 is 2.11 bits per heavy atom. The molecular formula is C20H19N5O2. The molecule has 3 aliphatic rings. The van der Waals surface area contributed by atoms with Gasteiger partial charge in [-0.15, -0.1) is 0 Å². The Morgan fingerprint density at radius 3 is 2.85 bits per heavy atom. The largest absolute Gasteiger partial charge is 0.335 e. The van der Waals surface area contributed by atoms with Crippen molar-refractivity contribution in [2.45, 2.75) is 25.3 Å². The number of nitrogens with zero attached hydrogens (tertiary/aromatic N) is 4. The Labute approximate surface area is 156 Å². The summed E-state index contributed by atoms with van der Waals surface area (Å²) in [7, 11) is 0. The van der Waals surface area contributed by atoms with E-state index >= 15 is 0 Å². The molecule has 1 N–H and O–H groups in total. The van der Waals surface area contributed by atoms with Gasteiger partial charge >= 0.3 is 0 Å². The topological polar surface area (TPSA) is 93.1 Å². The van der Waals surface area contributed by atoms with Crippen LogP contribution >= 0.6 is 0 Å². The summed E-state index contributed by atoms with van der Waals surface area (Å²) in [6.07, 6.45) is 2.14. The molecule has 5 rings (SSSR count). The van der Waals surface area contributed by atoms with Crippen LogP contribution in [0.15, 0.2) is 24.3 Å². The van der Waals surface area contributed by atoms with E-state index < -0.39 is 0 Å². The van der Waals surface area contributed by atoms with E-state index in [2.05, 4.69) is 16.3 Å². The van der Waals surface area contributed by atoms with Crippen LogP contribution in [0.1, 0.15) is 45.2 Å². The normalized spacial score (nSPS) is 23.0. The van der Waals surface area contributed by atoms with Crippen LogP contribution in [0.25, 0.3) is 0 Å². The third-order valence-electron chi connectivity index (χ3n) is 5.92. The van der Waals surface area contributed by atoms with Gasteiger partial charge in [0.05, 0.1) is 11.6 Å². The second-order valence-corrected chi connectivity index (χ2v) is 7.62. The number of piperazine rings is 1. The van der Waals surface area contributed by atoms with Gasteiger partial charge in [-0.25, -0.2) is 0 Å². The molecule has 2 aliphatic carbocycles. The van der Waals surface area contributed by atoms with E-state index in [1.807, 2.05) is 12.1 Å². The number of H-pyrrole nitrogens is 1. The smallest absolute Gasteiger partial charge is 0.275 e. The lowest BCUT2D eigenvalue weighted by molar-refractivity contribution is -0.135. The molecule has 1 saturated carbocycles. The molecule has 2 heterocycles. The lowest BCUT2D eigenvalue weighted by atomic mass is 10.1. The van der Waals surface area contributed by atoms with Crippen LogP contribution < -0.4 is 0 Å². The number of carbonyl (C=O) groups excluding carboxylic acids is 2. The average Bonchev–Trinajstić information content (AvgIpc) is 3.17. The quantitative estimate of drug-likeness (QED) is 0.895. The van der Waals surface area contributed by atoms with Crippen LogP contribution in [0.3, 0.4) is 0 Å². The summed E-state index contributed by atoms with van der Waals surface area (Å²) in [6, 6.07) is 9.32. The maximum atomic E-state index is 12.9. The monoisotopic (exact) mass is 361 g/mol. The van der Waals surface area contributed by atoms with Gasteiger partial charge in [-0.3, -0.25) is 14.7 Å². The van der Waals surface area contributed by atoms with Crippen molar-refractivity contribution in [2.24, 2.45) is 5.92 Å². The third-order valence-corrected chi connectivity index (χ3v) is 5.92. The lowest BCUT2D eigenvalue weighted by Gasteiger charge is -2.34. The fourth-order valence-electron chi connectivity index (χ4n) is 4.26. The fraction of sp³-hybridized carbons (Fsp3) is 0.400. The van der Waals surface area contributed by atoms with Crippen LogP contribution in [-0.2, 0) is 17.8 Å². The lowest BCUT2D eigenvalue weighted by Crippen LogP contribution is -2.52. The molecule has 1 aromatic carbocycles. The minimum atomic E-state index is -0.139. The summed E-state index contributed by atoms with van der Waals surface area (Å²) < 4.78 is 0. The predicted molar refractivity (Wildman–Crippen MR) is 95.6 cm³/mol. The highest BCUT2D eigenvalue weighted by molar-refractivity contribution is 5.97. The van der Waals surface area contributed by atoms with Gasteiger partial charge in [0, 0.05) is 36.8 Å². The number of nitrogens with one attached hydrogen (secondary N) is 1. The molecular weight excluding hydrogens is 342 g/mol. The zero-order valence-electron chi connectivity index (χ0n) is 14.8. The molecule has 27 heavy (non-hydrogen) atoms. The number of amides is 2. The summed E-state index contributed by atoms with van der Waals surface area (Å²) >= 11 is 0. The SMILES string of the molecule is N#Cc1ccc(CN2CCN(C(=O)c3n[nH]c4c3C[C@H]3C[C@@H]43)CC2=O)cc1. The maximum Gasteiger partial charge on any atom is 0.275 e. The Balaban J connectivity index is 1.24. The number of hydrogen-bond donors (Lipinski definition) is 1. The minimum absolute atomic E-state index is 0.0611. The first-order valence-corrected chi connectivity index (χ1v) is 9.27. The molecule has 2 aromatic rings. The highest BCUT2D eigenvalue weighted by Gasteiger charge is 2.48. The number of aromatic amines is 1. The van der Waals surface area contributed by atoms with Crippen LogP contribution in [0.4, 0.5) is 0 Å². The van der Waals surface area contributed by atoms with Gasteiger partial charge in [-0.1, -0.05) is 12.1 Å². The highest BCUT2D eigenvalue weighted by Crippen LogP contribution is 2.56. The minimum Gasteiger partial charge on any atom is -0.335 e. The zero-order valence-corrected chi connectivity index (χ0v) is 14.8. The van der Waals surface area contributed by atoms with Gasteiger partial charge in [-0.2, -0.15) is 10.4 Å². The molecule has 2 amide bonds. The van der Waals surface area contributed by atoms with Crippen molar-refractivity contribution in [3.8, 4) is 6.07 Å². The fourth-order valence-corrected chi connectivity index (χ4v) is 4.26. The molecule has 7 heteroatoms. The third kappa shape index (κ3) is 2.69. The number of carbonyl (C=O) groups is 2. The summed E-state index contributed by atoms with van der Waals surface area (Å²) in [5.74, 6) is 1.06. The van der Waals surface area contributed by atoms with Crippen molar-refractivity contribution >= 4 is 11.8 Å². The van der Waals surface area contributed by atoms with Gasteiger partial charge in [-0.05, 0) is 36.5 Å². The molecule has 1 aliphatic heterocycles. The van der Waals surface area contributed by atoms with Crippen LogP contribution in [-0.4, -0.2) is 51.4 Å². The molecule has 2 fully saturated rings. The summed E-state index contributed by atoms with van der Waals surface area (Å²) in [5, 5.41) is 16.2. The van der Waals surface area contributed by atoms with Crippen molar-refractivity contribution < 1.29 is 9.59 Å². The molecule has 1 aromatic heterocycles. The summed E-state index contributed by atoms with van der Waals surface area (Å²) in [5.41, 5.74) is 4.28. The first-order valence-electron chi connectivity index (χ1n) is 9.27. The summed E-state index contributed by atoms with van der Waals surface area (Å²) in [4.78, 5) is 28.8. The molecule has 2 atom stereocenters. The van der Waals surface area contributed by atoms with Crippen LogP contribution in [0.5, 0.6) is 0 Å². The number of aromatic nitrogens is 2. The number of fused-ring (bicyclic) bond motifs is 3. The molecule has 1 saturated heterocycles. The van der Waals surface area contributed by atoms with Crippen molar-refractivity contribution in [2.75, 3.05) is 19.6 Å². The zero-order chi connectivity index (χ0) is 18.5. The van der Waals surface area contributed by atoms with Crippen molar-refractivity contribution in [3.05, 3.63) is 52.3 Å². The van der Waals surface area contributed by atoms with Crippen LogP contribution in [0, 0.1) is 17.2 Å². The summed E-state index contributed by atoms with van der Waals surface area (Å²) in [6.45, 7) is 1.59. The van der Waals surface area contributed by atoms with Gasteiger partial charge < -0.3 is 9.80 Å². The Hall–Kier alpha value is -3.14. The van der Waals surface area contributed by atoms with Crippen LogP contribution in [0.2, 0.25) is 0 Å². The van der Waals surface area contributed by atoms with Gasteiger partial charge in [0.25, 0.3) is 5.91 Å². The van der Waals surface area contributed by atoms with Gasteiger partial charge in [0.15, 0.2) is 5.69 Å². The van der Waals surface area contributed by atoms with E-state index in [1.165, 1.54) is 6.42 Å². The van der Waals surface area contributed by atoms with E-state index in [0.29, 0.717) is 42.7 Å². The first kappa shape index (κ1) is 16.1. The molecule has 0 spiro atoms. The number of rotatable bonds is 3. The molecule has 0 bridgehead atoms. The van der Waals surface area contributed by atoms with Gasteiger partial charge in [0.1, 0.15) is 6.54 Å². The van der Waals surface area contributed by atoms with E-state index in [1.54, 1.807) is 21.9 Å². The maximum absolute atomic E-state index is 12.9. The number of hydrogen-bond acceptors (Lipinski definition) is 4. The highest BCUT2D eigenvalue weighted by atomic mass is 16.2. The number of nitriles is 1. The van der Waals surface area contributed by atoms with Crippen molar-refractivity contribution in [3.63, 3.8) is 0 Å². The average molecular weight is 361 g/mol. The molecule has 7 nitrogen and oxygen atoms in total. The second kappa shape index (κ2) is 5.95. The Bertz CT molecular complexity index is 971. The van der Waals surface area contributed by atoms with Gasteiger partial charge in [0.2, 0.25) is 5.91 Å².